The molecule has 70 valence electrons. The second-order valence-electron chi connectivity index (χ2n) is 3.46. The summed E-state index contributed by atoms with van der Waals surface area (Å²) in [4.78, 5) is 8.57. The summed E-state index contributed by atoms with van der Waals surface area (Å²) in [6.07, 6.45) is 7.77. The standard InChI is InChI=1S/C10H15N3/c1-11-10-8-5-3-2-4-6-9(8)12-7-13-10/h7H,2-6H2,1H3,(H,11,12,13). The van der Waals surface area contributed by atoms with Crippen LogP contribution in [-0.4, -0.2) is 17.0 Å². The molecule has 0 saturated carbocycles. The van der Waals surface area contributed by atoms with E-state index in [4.69, 9.17) is 0 Å². The Morgan fingerprint density at radius 3 is 2.85 bits per heavy atom. The maximum Gasteiger partial charge on any atom is 0.132 e. The summed E-state index contributed by atoms with van der Waals surface area (Å²) in [7, 11) is 1.92. The number of hydrogen-bond donors (Lipinski definition) is 1. The third-order valence-electron chi connectivity index (χ3n) is 2.61. The fourth-order valence-electron chi connectivity index (χ4n) is 1.91. The van der Waals surface area contributed by atoms with Crippen LogP contribution in [0.5, 0.6) is 0 Å². The lowest BCUT2D eigenvalue weighted by Crippen LogP contribution is -2.03. The first-order chi connectivity index (χ1) is 6.42. The lowest BCUT2D eigenvalue weighted by atomic mass is 10.1. The number of nitrogens with one attached hydrogen (secondary N) is 1. The molecule has 0 saturated heterocycles. The zero-order valence-corrected chi connectivity index (χ0v) is 8.01. The van der Waals surface area contributed by atoms with Crippen molar-refractivity contribution in [3.63, 3.8) is 0 Å². The van der Waals surface area contributed by atoms with Crippen LogP contribution in [0.1, 0.15) is 30.5 Å². The first kappa shape index (κ1) is 8.48. The fourth-order valence-corrected chi connectivity index (χ4v) is 1.91. The number of aromatic nitrogens is 2. The average Bonchev–Trinajstić information content (AvgIpc) is 2.41. The van der Waals surface area contributed by atoms with Gasteiger partial charge in [0.05, 0.1) is 0 Å². The molecule has 1 aromatic rings. The maximum atomic E-state index is 4.34. The van der Waals surface area contributed by atoms with Crippen molar-refractivity contribution in [3.8, 4) is 0 Å². The van der Waals surface area contributed by atoms with Gasteiger partial charge in [0.2, 0.25) is 0 Å². The lowest BCUT2D eigenvalue weighted by Gasteiger charge is -2.08. The number of aryl methyl sites for hydroxylation is 1. The predicted octanol–water partition coefficient (Wildman–Crippen LogP) is 1.79. The SMILES string of the molecule is CNc1ncnc2c1CCCCC2. The summed E-state index contributed by atoms with van der Waals surface area (Å²) in [5.41, 5.74) is 2.58. The van der Waals surface area contributed by atoms with E-state index in [-0.39, 0.29) is 0 Å². The molecule has 0 aromatic carbocycles. The van der Waals surface area contributed by atoms with Crippen LogP contribution in [-0.2, 0) is 12.8 Å². The van der Waals surface area contributed by atoms with E-state index in [9.17, 15) is 0 Å². The van der Waals surface area contributed by atoms with Crippen molar-refractivity contribution < 1.29 is 0 Å². The molecule has 3 nitrogen and oxygen atoms in total. The Bertz CT molecular complexity index is 296. The van der Waals surface area contributed by atoms with Crippen molar-refractivity contribution in [2.24, 2.45) is 0 Å². The van der Waals surface area contributed by atoms with Crippen LogP contribution in [0, 0.1) is 0 Å². The van der Waals surface area contributed by atoms with Crippen LogP contribution in [0.3, 0.4) is 0 Å². The monoisotopic (exact) mass is 177 g/mol. The average molecular weight is 177 g/mol. The summed E-state index contributed by atoms with van der Waals surface area (Å²) < 4.78 is 0. The highest BCUT2D eigenvalue weighted by atomic mass is 15.0. The minimum atomic E-state index is 1.02. The van der Waals surface area contributed by atoms with Crippen LogP contribution in [0.4, 0.5) is 5.82 Å². The molecule has 0 unspecified atom stereocenters. The van der Waals surface area contributed by atoms with Crippen molar-refractivity contribution in [2.45, 2.75) is 32.1 Å². The molecule has 1 aliphatic rings. The molecule has 0 fully saturated rings. The first-order valence-electron chi connectivity index (χ1n) is 4.92. The van der Waals surface area contributed by atoms with Crippen molar-refractivity contribution >= 4 is 5.82 Å². The second-order valence-corrected chi connectivity index (χ2v) is 3.46. The van der Waals surface area contributed by atoms with E-state index in [0.29, 0.717) is 0 Å². The number of anilines is 1. The lowest BCUT2D eigenvalue weighted by molar-refractivity contribution is 0.709. The summed E-state index contributed by atoms with van der Waals surface area (Å²) in [6.45, 7) is 0. The smallest absolute Gasteiger partial charge is 0.132 e. The van der Waals surface area contributed by atoms with Gasteiger partial charge in [-0.2, -0.15) is 0 Å². The molecular formula is C10H15N3. The molecule has 0 spiro atoms. The molecule has 1 aliphatic carbocycles. The van der Waals surface area contributed by atoms with E-state index in [2.05, 4.69) is 15.3 Å². The number of fused-ring (bicyclic) bond motifs is 1. The van der Waals surface area contributed by atoms with Gasteiger partial charge in [0, 0.05) is 18.3 Å². The van der Waals surface area contributed by atoms with Gasteiger partial charge in [-0.25, -0.2) is 9.97 Å². The van der Waals surface area contributed by atoms with Gasteiger partial charge >= 0.3 is 0 Å². The molecule has 0 aliphatic heterocycles. The van der Waals surface area contributed by atoms with E-state index in [1.54, 1.807) is 6.33 Å². The Morgan fingerprint density at radius 2 is 2.00 bits per heavy atom. The van der Waals surface area contributed by atoms with Gasteiger partial charge in [0.15, 0.2) is 0 Å². The van der Waals surface area contributed by atoms with Gasteiger partial charge in [-0.3, -0.25) is 0 Å². The van der Waals surface area contributed by atoms with E-state index in [1.165, 1.54) is 30.5 Å². The largest absolute Gasteiger partial charge is 0.373 e. The van der Waals surface area contributed by atoms with Crippen LogP contribution in [0.15, 0.2) is 6.33 Å². The van der Waals surface area contributed by atoms with E-state index < -0.39 is 0 Å². The van der Waals surface area contributed by atoms with Gasteiger partial charge in [0.25, 0.3) is 0 Å². The molecule has 1 heterocycles. The Hall–Kier alpha value is -1.12. The highest BCUT2D eigenvalue weighted by Gasteiger charge is 2.12. The number of hydrogen-bond acceptors (Lipinski definition) is 3. The van der Waals surface area contributed by atoms with E-state index in [0.717, 1.165) is 18.7 Å². The molecule has 1 aromatic heterocycles. The highest BCUT2D eigenvalue weighted by molar-refractivity contribution is 5.45. The van der Waals surface area contributed by atoms with Crippen molar-refractivity contribution in [2.75, 3.05) is 12.4 Å². The van der Waals surface area contributed by atoms with Gasteiger partial charge in [-0.05, 0) is 25.7 Å². The predicted molar refractivity (Wildman–Crippen MR) is 52.8 cm³/mol. The fraction of sp³-hybridized carbons (Fsp3) is 0.600. The summed E-state index contributed by atoms with van der Waals surface area (Å²) in [5.74, 6) is 1.02. The van der Waals surface area contributed by atoms with Crippen molar-refractivity contribution in [1.82, 2.24) is 9.97 Å². The van der Waals surface area contributed by atoms with Crippen LogP contribution < -0.4 is 5.32 Å². The molecule has 0 radical (unpaired) electrons. The molecule has 1 N–H and O–H groups in total. The van der Waals surface area contributed by atoms with Crippen LogP contribution >= 0.6 is 0 Å². The highest BCUT2D eigenvalue weighted by Crippen LogP contribution is 2.23. The summed E-state index contributed by atoms with van der Waals surface area (Å²) in [6, 6.07) is 0. The normalized spacial score (nSPS) is 16.1. The third kappa shape index (κ3) is 1.64. The summed E-state index contributed by atoms with van der Waals surface area (Å²) >= 11 is 0. The number of rotatable bonds is 1. The van der Waals surface area contributed by atoms with E-state index in [1.807, 2.05) is 7.05 Å². The number of nitrogens with zero attached hydrogens (tertiary/aromatic N) is 2. The van der Waals surface area contributed by atoms with Crippen LogP contribution in [0.25, 0.3) is 0 Å². The molecule has 13 heavy (non-hydrogen) atoms. The topological polar surface area (TPSA) is 37.8 Å². The quantitative estimate of drug-likeness (QED) is 0.664. The Labute approximate surface area is 78.6 Å². The Kier molecular flexibility index (Phi) is 2.43. The molecule has 0 atom stereocenters. The van der Waals surface area contributed by atoms with Gasteiger partial charge in [-0.1, -0.05) is 6.42 Å². The zero-order chi connectivity index (χ0) is 9.10. The Balaban J connectivity index is 2.40. The molecule has 0 amide bonds. The minimum Gasteiger partial charge on any atom is -0.373 e. The maximum absolute atomic E-state index is 4.34. The summed E-state index contributed by atoms with van der Waals surface area (Å²) in [5, 5.41) is 3.13. The zero-order valence-electron chi connectivity index (χ0n) is 8.01. The third-order valence-corrected chi connectivity index (χ3v) is 2.61. The Morgan fingerprint density at radius 1 is 1.15 bits per heavy atom. The van der Waals surface area contributed by atoms with Crippen molar-refractivity contribution in [3.05, 3.63) is 17.6 Å². The van der Waals surface area contributed by atoms with Crippen LogP contribution in [0.2, 0.25) is 0 Å². The van der Waals surface area contributed by atoms with E-state index >= 15 is 0 Å². The molecular weight excluding hydrogens is 162 g/mol. The van der Waals surface area contributed by atoms with Gasteiger partial charge in [-0.15, -0.1) is 0 Å². The van der Waals surface area contributed by atoms with Gasteiger partial charge < -0.3 is 5.32 Å². The molecule has 3 heteroatoms. The molecule has 2 rings (SSSR count). The first-order valence-corrected chi connectivity index (χ1v) is 4.92. The van der Waals surface area contributed by atoms with Gasteiger partial charge in [0.1, 0.15) is 12.1 Å². The second kappa shape index (κ2) is 3.73. The van der Waals surface area contributed by atoms with Crippen molar-refractivity contribution in [1.29, 1.82) is 0 Å². The minimum absolute atomic E-state index is 1.02. The molecule has 0 bridgehead atoms.